The third-order valence-corrected chi connectivity index (χ3v) is 2.13. The van der Waals surface area contributed by atoms with Crippen LogP contribution in [0.4, 0.5) is 8.78 Å². The van der Waals surface area contributed by atoms with Crippen molar-refractivity contribution in [2.24, 2.45) is 0 Å². The normalized spacial score (nSPS) is 15.0. The van der Waals surface area contributed by atoms with Crippen molar-refractivity contribution in [2.75, 3.05) is 13.2 Å². The van der Waals surface area contributed by atoms with Crippen LogP contribution in [0.2, 0.25) is 0 Å². The third kappa shape index (κ3) is 2.97. The van der Waals surface area contributed by atoms with Crippen LogP contribution in [-0.2, 0) is 10.3 Å². The molecular weight excluding hydrogens is 202 g/mol. The summed E-state index contributed by atoms with van der Waals surface area (Å²) in [6.45, 7) is 3.80. The summed E-state index contributed by atoms with van der Waals surface area (Å²) in [6, 6.07) is 3.32. The lowest BCUT2D eigenvalue weighted by Gasteiger charge is -2.23. The van der Waals surface area contributed by atoms with Gasteiger partial charge in [-0.3, -0.25) is 0 Å². The Morgan fingerprint density at radius 1 is 1.33 bits per heavy atom. The molecule has 1 rings (SSSR count). The van der Waals surface area contributed by atoms with E-state index < -0.39 is 17.2 Å². The zero-order chi connectivity index (χ0) is 11.5. The van der Waals surface area contributed by atoms with Gasteiger partial charge in [-0.1, -0.05) is 6.07 Å². The van der Waals surface area contributed by atoms with Crippen LogP contribution in [0, 0.1) is 11.6 Å². The third-order valence-electron chi connectivity index (χ3n) is 2.13. The molecule has 1 aromatic carbocycles. The van der Waals surface area contributed by atoms with Crippen LogP contribution in [-0.4, -0.2) is 18.3 Å². The Balaban J connectivity index is 2.89. The smallest absolute Gasteiger partial charge is 0.159 e. The van der Waals surface area contributed by atoms with Gasteiger partial charge < -0.3 is 9.84 Å². The molecule has 4 heteroatoms. The molecule has 0 aromatic heterocycles. The Morgan fingerprint density at radius 2 is 2.00 bits per heavy atom. The van der Waals surface area contributed by atoms with Crippen molar-refractivity contribution in [1.82, 2.24) is 0 Å². The number of benzene rings is 1. The van der Waals surface area contributed by atoms with Gasteiger partial charge in [-0.2, -0.15) is 0 Å². The standard InChI is InChI=1S/C11H14F2O2/c1-3-15-7-11(2,14)8-4-5-9(12)10(13)6-8/h4-6,14H,3,7H2,1-2H3. The summed E-state index contributed by atoms with van der Waals surface area (Å²) < 4.78 is 30.6. The highest BCUT2D eigenvalue weighted by molar-refractivity contribution is 5.23. The average molecular weight is 216 g/mol. The van der Waals surface area contributed by atoms with E-state index in [1.54, 1.807) is 6.92 Å². The predicted molar refractivity (Wildman–Crippen MR) is 52.4 cm³/mol. The largest absolute Gasteiger partial charge is 0.383 e. The van der Waals surface area contributed by atoms with Crippen molar-refractivity contribution in [2.45, 2.75) is 19.4 Å². The fourth-order valence-electron chi connectivity index (χ4n) is 1.22. The minimum atomic E-state index is -1.30. The van der Waals surface area contributed by atoms with Crippen molar-refractivity contribution < 1.29 is 18.6 Å². The molecule has 0 amide bonds. The summed E-state index contributed by atoms with van der Waals surface area (Å²) in [5, 5.41) is 9.92. The van der Waals surface area contributed by atoms with E-state index in [2.05, 4.69) is 0 Å². The summed E-state index contributed by atoms with van der Waals surface area (Å²) >= 11 is 0. The molecule has 0 spiro atoms. The van der Waals surface area contributed by atoms with E-state index in [0.717, 1.165) is 12.1 Å². The van der Waals surface area contributed by atoms with Gasteiger partial charge in [-0.05, 0) is 31.5 Å². The number of hydrogen-bond acceptors (Lipinski definition) is 2. The van der Waals surface area contributed by atoms with Gasteiger partial charge in [-0.25, -0.2) is 8.78 Å². The van der Waals surface area contributed by atoms with Crippen LogP contribution in [0.3, 0.4) is 0 Å². The number of ether oxygens (including phenoxy) is 1. The molecule has 2 nitrogen and oxygen atoms in total. The molecule has 0 aliphatic heterocycles. The van der Waals surface area contributed by atoms with Gasteiger partial charge >= 0.3 is 0 Å². The minimum absolute atomic E-state index is 0.0502. The lowest BCUT2D eigenvalue weighted by Crippen LogP contribution is -2.28. The first-order valence-corrected chi connectivity index (χ1v) is 4.73. The molecule has 0 saturated heterocycles. The fourth-order valence-corrected chi connectivity index (χ4v) is 1.22. The second-order valence-electron chi connectivity index (χ2n) is 3.54. The predicted octanol–water partition coefficient (Wildman–Crippen LogP) is 2.21. The highest BCUT2D eigenvalue weighted by Gasteiger charge is 2.24. The molecule has 1 atom stereocenters. The van der Waals surface area contributed by atoms with Gasteiger partial charge in [0.1, 0.15) is 5.60 Å². The summed E-state index contributed by atoms with van der Waals surface area (Å²) in [5.41, 5.74) is -1.00. The summed E-state index contributed by atoms with van der Waals surface area (Å²) in [4.78, 5) is 0. The Bertz CT molecular complexity index is 337. The maximum absolute atomic E-state index is 12.9. The molecule has 0 aliphatic rings. The van der Waals surface area contributed by atoms with Crippen LogP contribution in [0.25, 0.3) is 0 Å². The van der Waals surface area contributed by atoms with E-state index in [-0.39, 0.29) is 6.61 Å². The molecule has 84 valence electrons. The first kappa shape index (κ1) is 12.1. The maximum Gasteiger partial charge on any atom is 0.159 e. The monoisotopic (exact) mass is 216 g/mol. The van der Waals surface area contributed by atoms with Gasteiger partial charge in [0, 0.05) is 6.61 Å². The molecule has 0 fully saturated rings. The Labute approximate surface area is 87.5 Å². The van der Waals surface area contributed by atoms with Crippen molar-refractivity contribution in [3.8, 4) is 0 Å². The van der Waals surface area contributed by atoms with Crippen LogP contribution >= 0.6 is 0 Å². The van der Waals surface area contributed by atoms with E-state index in [1.807, 2.05) is 0 Å². The number of hydrogen-bond donors (Lipinski definition) is 1. The Kier molecular flexibility index (Phi) is 3.77. The van der Waals surface area contributed by atoms with Crippen LogP contribution < -0.4 is 0 Å². The molecule has 1 unspecified atom stereocenters. The first-order chi connectivity index (χ1) is 6.97. The molecule has 0 bridgehead atoms. The molecule has 0 heterocycles. The van der Waals surface area contributed by atoms with Crippen LogP contribution in [0.5, 0.6) is 0 Å². The van der Waals surface area contributed by atoms with Crippen molar-refractivity contribution in [1.29, 1.82) is 0 Å². The summed E-state index contributed by atoms with van der Waals surface area (Å²) in [5.74, 6) is -1.89. The maximum atomic E-state index is 12.9. The van der Waals surface area contributed by atoms with E-state index in [0.29, 0.717) is 12.2 Å². The van der Waals surface area contributed by atoms with Gasteiger partial charge in [0.25, 0.3) is 0 Å². The highest BCUT2D eigenvalue weighted by atomic mass is 19.2. The number of aliphatic hydroxyl groups is 1. The summed E-state index contributed by atoms with van der Waals surface area (Å²) in [6.07, 6.45) is 0. The van der Waals surface area contributed by atoms with E-state index in [1.165, 1.54) is 13.0 Å². The lowest BCUT2D eigenvalue weighted by molar-refractivity contribution is -0.0345. The fraction of sp³-hybridized carbons (Fsp3) is 0.455. The molecule has 0 aliphatic carbocycles. The highest BCUT2D eigenvalue weighted by Crippen LogP contribution is 2.22. The average Bonchev–Trinajstić information content (AvgIpc) is 2.19. The van der Waals surface area contributed by atoms with Crippen LogP contribution in [0.1, 0.15) is 19.4 Å². The SMILES string of the molecule is CCOCC(C)(O)c1ccc(F)c(F)c1. The molecule has 1 N–H and O–H groups in total. The van der Waals surface area contributed by atoms with Gasteiger partial charge in [0.2, 0.25) is 0 Å². The first-order valence-electron chi connectivity index (χ1n) is 4.73. The Hall–Kier alpha value is -1.00. The molecule has 1 aromatic rings. The minimum Gasteiger partial charge on any atom is -0.383 e. The van der Waals surface area contributed by atoms with Crippen molar-refractivity contribution >= 4 is 0 Å². The molecule has 0 saturated carbocycles. The number of rotatable bonds is 4. The zero-order valence-corrected chi connectivity index (χ0v) is 8.76. The second-order valence-corrected chi connectivity index (χ2v) is 3.54. The Morgan fingerprint density at radius 3 is 2.53 bits per heavy atom. The second kappa shape index (κ2) is 4.68. The van der Waals surface area contributed by atoms with Gasteiger partial charge in [-0.15, -0.1) is 0 Å². The van der Waals surface area contributed by atoms with Gasteiger partial charge in [0.15, 0.2) is 11.6 Å². The van der Waals surface area contributed by atoms with E-state index in [4.69, 9.17) is 4.74 Å². The van der Waals surface area contributed by atoms with E-state index >= 15 is 0 Å². The quantitative estimate of drug-likeness (QED) is 0.836. The molecule has 15 heavy (non-hydrogen) atoms. The van der Waals surface area contributed by atoms with Gasteiger partial charge in [0.05, 0.1) is 6.61 Å². The molecular formula is C11H14F2O2. The van der Waals surface area contributed by atoms with Crippen molar-refractivity contribution in [3.63, 3.8) is 0 Å². The summed E-state index contributed by atoms with van der Waals surface area (Å²) in [7, 11) is 0. The zero-order valence-electron chi connectivity index (χ0n) is 8.76. The lowest BCUT2D eigenvalue weighted by atomic mass is 9.97. The van der Waals surface area contributed by atoms with E-state index in [9.17, 15) is 13.9 Å². The van der Waals surface area contributed by atoms with Crippen LogP contribution in [0.15, 0.2) is 18.2 Å². The number of halogens is 2. The van der Waals surface area contributed by atoms with Crippen molar-refractivity contribution in [3.05, 3.63) is 35.4 Å². The topological polar surface area (TPSA) is 29.5 Å². The molecule has 0 radical (unpaired) electrons.